The van der Waals surface area contributed by atoms with Crippen LogP contribution in [0, 0.1) is 0 Å². The summed E-state index contributed by atoms with van der Waals surface area (Å²) < 4.78 is 0. The first-order valence-electron chi connectivity index (χ1n) is 7.53. The van der Waals surface area contributed by atoms with E-state index in [2.05, 4.69) is 10.3 Å². The van der Waals surface area contributed by atoms with Crippen LogP contribution in [0.3, 0.4) is 0 Å². The van der Waals surface area contributed by atoms with Crippen LogP contribution in [-0.2, 0) is 4.79 Å². The maximum absolute atomic E-state index is 12.5. The molecule has 0 saturated carbocycles. The van der Waals surface area contributed by atoms with Crippen molar-refractivity contribution in [2.24, 2.45) is 5.73 Å². The first-order valence-corrected chi connectivity index (χ1v) is 8.51. The van der Waals surface area contributed by atoms with Gasteiger partial charge in [0.25, 0.3) is 5.91 Å². The molecule has 1 heterocycles. The number of primary amides is 1. The van der Waals surface area contributed by atoms with Crippen molar-refractivity contribution < 1.29 is 9.59 Å². The smallest absolute Gasteiger partial charge is 0.272 e. The lowest BCUT2D eigenvalue weighted by Gasteiger charge is -2.09. The minimum absolute atomic E-state index is 0.200. The number of nitrogens with two attached hydrogens (primary N) is 1. The Bertz CT molecular complexity index is 856. The summed E-state index contributed by atoms with van der Waals surface area (Å²) in [6, 6.07) is 17.1. The number of hydrogen-bond donors (Lipinski definition) is 3. The van der Waals surface area contributed by atoms with Crippen LogP contribution in [0.5, 0.6) is 0 Å². The van der Waals surface area contributed by atoms with E-state index in [1.165, 1.54) is 11.8 Å². The highest BCUT2D eigenvalue weighted by molar-refractivity contribution is 7.99. The summed E-state index contributed by atoms with van der Waals surface area (Å²) in [7, 11) is 0. The summed E-state index contributed by atoms with van der Waals surface area (Å²) in [6.45, 7) is 0. The average molecular weight is 339 g/mol. The molecule has 0 saturated heterocycles. The number of aromatic nitrogens is 1. The molecule has 0 aliphatic heterocycles. The summed E-state index contributed by atoms with van der Waals surface area (Å²) in [4.78, 5) is 27.4. The predicted octanol–water partition coefficient (Wildman–Crippen LogP) is 3.39. The fourth-order valence-electron chi connectivity index (χ4n) is 2.34. The Hall–Kier alpha value is -2.73. The number of thioether (sulfide) groups is 1. The van der Waals surface area contributed by atoms with E-state index in [0.717, 1.165) is 21.5 Å². The monoisotopic (exact) mass is 339 g/mol. The molecule has 0 atom stereocenters. The standard InChI is InChI=1S/C18H17N3O2S/c19-17(22)9-10-24-16-8-4-3-7-14(16)21-18(23)15-11-12-5-1-2-6-13(12)20-15/h1-8,11,20H,9-10H2,(H2,19,22)(H,21,23). The van der Waals surface area contributed by atoms with Crippen molar-refractivity contribution in [2.75, 3.05) is 11.1 Å². The number of hydrogen-bond acceptors (Lipinski definition) is 3. The Kier molecular flexibility index (Phi) is 4.86. The molecule has 122 valence electrons. The molecule has 0 bridgehead atoms. The van der Waals surface area contributed by atoms with Crippen LogP contribution in [-0.4, -0.2) is 22.6 Å². The molecule has 0 radical (unpaired) electrons. The maximum atomic E-state index is 12.5. The Morgan fingerprint density at radius 3 is 2.62 bits per heavy atom. The second-order valence-electron chi connectivity index (χ2n) is 5.29. The van der Waals surface area contributed by atoms with Gasteiger partial charge in [0.15, 0.2) is 0 Å². The molecule has 3 aromatic rings. The van der Waals surface area contributed by atoms with Crippen molar-refractivity contribution in [1.29, 1.82) is 0 Å². The summed E-state index contributed by atoms with van der Waals surface area (Å²) in [5, 5.41) is 3.91. The molecule has 1 aromatic heterocycles. The number of aromatic amines is 1. The highest BCUT2D eigenvalue weighted by atomic mass is 32.2. The predicted molar refractivity (Wildman–Crippen MR) is 97.2 cm³/mol. The van der Waals surface area contributed by atoms with Crippen LogP contribution in [0.4, 0.5) is 5.69 Å². The number of rotatable bonds is 6. The quantitative estimate of drug-likeness (QED) is 0.602. The summed E-state index contributed by atoms with van der Waals surface area (Å²) in [5.41, 5.74) is 7.31. The Labute approximate surface area is 143 Å². The number of amides is 2. The van der Waals surface area contributed by atoms with Gasteiger partial charge in [-0.05, 0) is 24.3 Å². The van der Waals surface area contributed by atoms with E-state index in [0.29, 0.717) is 17.9 Å². The SMILES string of the molecule is NC(=O)CCSc1ccccc1NC(=O)c1cc2ccccc2[nH]1. The third-order valence-electron chi connectivity index (χ3n) is 3.52. The minimum atomic E-state index is -0.331. The van der Waals surface area contributed by atoms with Crippen LogP contribution < -0.4 is 11.1 Å². The topological polar surface area (TPSA) is 88.0 Å². The van der Waals surface area contributed by atoms with Gasteiger partial charge in [0, 0.05) is 28.0 Å². The number of fused-ring (bicyclic) bond motifs is 1. The van der Waals surface area contributed by atoms with Crippen LogP contribution in [0.2, 0.25) is 0 Å². The highest BCUT2D eigenvalue weighted by Gasteiger charge is 2.12. The first-order chi connectivity index (χ1) is 11.6. The van der Waals surface area contributed by atoms with Crippen LogP contribution in [0.15, 0.2) is 59.5 Å². The number of carbonyl (C=O) groups is 2. The molecule has 4 N–H and O–H groups in total. The number of nitrogens with one attached hydrogen (secondary N) is 2. The molecule has 2 aromatic carbocycles. The molecule has 5 nitrogen and oxygen atoms in total. The van der Waals surface area contributed by atoms with Gasteiger partial charge < -0.3 is 16.0 Å². The first kappa shape index (κ1) is 16.1. The van der Waals surface area contributed by atoms with E-state index in [-0.39, 0.29) is 11.8 Å². The average Bonchev–Trinajstić information content (AvgIpc) is 3.00. The summed E-state index contributed by atoms with van der Waals surface area (Å²) in [6.07, 6.45) is 0.301. The van der Waals surface area contributed by atoms with Crippen molar-refractivity contribution >= 4 is 40.2 Å². The van der Waals surface area contributed by atoms with Gasteiger partial charge in [0.1, 0.15) is 5.69 Å². The lowest BCUT2D eigenvalue weighted by Crippen LogP contribution is -2.13. The maximum Gasteiger partial charge on any atom is 0.272 e. The Morgan fingerprint density at radius 2 is 1.83 bits per heavy atom. The van der Waals surface area contributed by atoms with Crippen LogP contribution in [0.25, 0.3) is 10.9 Å². The van der Waals surface area contributed by atoms with E-state index in [4.69, 9.17) is 5.73 Å². The molecule has 6 heteroatoms. The summed E-state index contributed by atoms with van der Waals surface area (Å²) >= 11 is 1.49. The van der Waals surface area contributed by atoms with Crippen molar-refractivity contribution in [1.82, 2.24) is 4.98 Å². The molecule has 0 unspecified atom stereocenters. The number of benzene rings is 2. The van der Waals surface area contributed by atoms with Crippen molar-refractivity contribution in [3.63, 3.8) is 0 Å². The fourth-order valence-corrected chi connectivity index (χ4v) is 3.32. The Morgan fingerprint density at radius 1 is 1.08 bits per heavy atom. The molecule has 0 spiro atoms. The number of H-pyrrole nitrogens is 1. The zero-order chi connectivity index (χ0) is 16.9. The van der Waals surface area contributed by atoms with Gasteiger partial charge >= 0.3 is 0 Å². The van der Waals surface area contributed by atoms with Gasteiger partial charge in [-0.15, -0.1) is 11.8 Å². The van der Waals surface area contributed by atoms with E-state index < -0.39 is 0 Å². The number of anilines is 1. The van der Waals surface area contributed by atoms with E-state index in [1.807, 2.05) is 54.6 Å². The van der Waals surface area contributed by atoms with Crippen molar-refractivity contribution in [2.45, 2.75) is 11.3 Å². The Balaban J connectivity index is 1.75. The lowest BCUT2D eigenvalue weighted by molar-refractivity contribution is -0.117. The third-order valence-corrected chi connectivity index (χ3v) is 4.59. The van der Waals surface area contributed by atoms with Crippen molar-refractivity contribution in [3.05, 3.63) is 60.3 Å². The van der Waals surface area contributed by atoms with Crippen LogP contribution >= 0.6 is 11.8 Å². The summed E-state index contributed by atoms with van der Waals surface area (Å²) in [5.74, 6) is 0.0467. The van der Waals surface area contributed by atoms with Gasteiger partial charge in [0.2, 0.25) is 5.91 Å². The number of carbonyl (C=O) groups excluding carboxylic acids is 2. The molecule has 2 amide bonds. The molecule has 0 aliphatic carbocycles. The molecule has 0 fully saturated rings. The van der Waals surface area contributed by atoms with E-state index in [9.17, 15) is 9.59 Å². The van der Waals surface area contributed by atoms with Crippen LogP contribution in [0.1, 0.15) is 16.9 Å². The highest BCUT2D eigenvalue weighted by Crippen LogP contribution is 2.28. The lowest BCUT2D eigenvalue weighted by atomic mass is 10.2. The van der Waals surface area contributed by atoms with E-state index >= 15 is 0 Å². The normalized spacial score (nSPS) is 10.7. The molecular formula is C18H17N3O2S. The molecule has 0 aliphatic rings. The molecular weight excluding hydrogens is 322 g/mol. The number of para-hydroxylation sites is 2. The minimum Gasteiger partial charge on any atom is -0.370 e. The van der Waals surface area contributed by atoms with Gasteiger partial charge in [-0.2, -0.15) is 0 Å². The zero-order valence-corrected chi connectivity index (χ0v) is 13.7. The third kappa shape index (κ3) is 3.78. The second kappa shape index (κ2) is 7.23. The van der Waals surface area contributed by atoms with Gasteiger partial charge in [0.05, 0.1) is 5.69 Å². The van der Waals surface area contributed by atoms with Gasteiger partial charge in [-0.3, -0.25) is 9.59 Å². The van der Waals surface area contributed by atoms with Gasteiger partial charge in [-0.1, -0.05) is 30.3 Å². The van der Waals surface area contributed by atoms with E-state index in [1.54, 1.807) is 0 Å². The van der Waals surface area contributed by atoms with Gasteiger partial charge in [-0.25, -0.2) is 0 Å². The molecule has 3 rings (SSSR count). The molecule has 24 heavy (non-hydrogen) atoms. The fraction of sp³-hybridized carbons (Fsp3) is 0.111. The second-order valence-corrected chi connectivity index (χ2v) is 6.42. The largest absolute Gasteiger partial charge is 0.370 e. The van der Waals surface area contributed by atoms with Crippen molar-refractivity contribution in [3.8, 4) is 0 Å². The zero-order valence-electron chi connectivity index (χ0n) is 12.9.